The van der Waals surface area contributed by atoms with Crippen LogP contribution in [0.4, 0.5) is 5.69 Å². The maximum atomic E-state index is 6.33. The number of thiazole rings is 1. The number of para-hydroxylation sites is 1. The van der Waals surface area contributed by atoms with Crippen molar-refractivity contribution in [1.82, 2.24) is 14.5 Å². The monoisotopic (exact) mass is 304 g/mol. The second-order valence-electron chi connectivity index (χ2n) is 4.39. The van der Waals surface area contributed by atoms with Crippen LogP contribution in [-0.2, 0) is 0 Å². The number of nitrogens with one attached hydrogen (secondary N) is 1. The van der Waals surface area contributed by atoms with Gasteiger partial charge in [-0.05, 0) is 19.1 Å². The van der Waals surface area contributed by atoms with Gasteiger partial charge >= 0.3 is 0 Å². The van der Waals surface area contributed by atoms with Crippen molar-refractivity contribution in [3.8, 4) is 5.69 Å². The van der Waals surface area contributed by atoms with Gasteiger partial charge in [0.15, 0.2) is 0 Å². The van der Waals surface area contributed by atoms with Crippen LogP contribution in [0.5, 0.6) is 0 Å². The topological polar surface area (TPSA) is 42.7 Å². The highest BCUT2D eigenvalue weighted by Crippen LogP contribution is 2.30. The molecule has 1 N–H and O–H groups in total. The van der Waals surface area contributed by atoms with Gasteiger partial charge in [-0.15, -0.1) is 11.3 Å². The van der Waals surface area contributed by atoms with E-state index in [2.05, 4.69) is 22.2 Å². The first-order valence-corrected chi connectivity index (χ1v) is 7.49. The number of halogens is 1. The van der Waals surface area contributed by atoms with Crippen molar-refractivity contribution in [1.29, 1.82) is 0 Å². The molecular weight excluding hydrogens is 292 g/mol. The maximum absolute atomic E-state index is 6.33. The second kappa shape index (κ2) is 5.64. The van der Waals surface area contributed by atoms with E-state index in [4.69, 9.17) is 11.6 Å². The lowest BCUT2D eigenvalue weighted by molar-refractivity contribution is 0.846. The summed E-state index contributed by atoms with van der Waals surface area (Å²) in [5, 5.41) is 6.17. The minimum Gasteiger partial charge on any atom is -0.375 e. The van der Waals surface area contributed by atoms with E-state index in [0.717, 1.165) is 17.1 Å². The third-order valence-electron chi connectivity index (χ3n) is 3.02. The minimum absolute atomic E-state index is 0.113. The fourth-order valence-electron chi connectivity index (χ4n) is 2.03. The Morgan fingerprint density at radius 2 is 2.30 bits per heavy atom. The van der Waals surface area contributed by atoms with Crippen LogP contribution < -0.4 is 5.32 Å². The van der Waals surface area contributed by atoms with Crippen LogP contribution in [0.25, 0.3) is 5.69 Å². The Hall–Kier alpha value is -1.85. The fraction of sp³-hybridized carbons (Fsp3) is 0.143. The smallest absolute Gasteiger partial charge is 0.0992 e. The molecule has 102 valence electrons. The van der Waals surface area contributed by atoms with Crippen LogP contribution >= 0.6 is 22.9 Å². The maximum Gasteiger partial charge on any atom is 0.0992 e. The largest absolute Gasteiger partial charge is 0.375 e. The van der Waals surface area contributed by atoms with Crippen LogP contribution in [0, 0.1) is 0 Å². The third kappa shape index (κ3) is 2.55. The summed E-state index contributed by atoms with van der Waals surface area (Å²) in [5.41, 5.74) is 4.71. The summed E-state index contributed by atoms with van der Waals surface area (Å²) in [5.74, 6) is 0. The molecule has 0 bridgehead atoms. The predicted octanol–water partition coefficient (Wildman–Crippen LogP) is 4.16. The second-order valence-corrected chi connectivity index (χ2v) is 5.51. The number of aromatic nitrogens is 3. The van der Waals surface area contributed by atoms with Crippen LogP contribution in [0.3, 0.4) is 0 Å². The van der Waals surface area contributed by atoms with E-state index < -0.39 is 0 Å². The normalized spacial score (nSPS) is 12.3. The Balaban J connectivity index is 1.96. The molecule has 0 radical (unpaired) electrons. The van der Waals surface area contributed by atoms with E-state index >= 15 is 0 Å². The van der Waals surface area contributed by atoms with Gasteiger partial charge in [0.2, 0.25) is 0 Å². The highest BCUT2D eigenvalue weighted by molar-refractivity contribution is 7.07. The zero-order valence-corrected chi connectivity index (χ0v) is 12.4. The number of benzene rings is 1. The van der Waals surface area contributed by atoms with Crippen LogP contribution in [0.2, 0.25) is 5.02 Å². The van der Waals surface area contributed by atoms with E-state index in [9.17, 15) is 0 Å². The van der Waals surface area contributed by atoms with Gasteiger partial charge in [-0.1, -0.05) is 17.7 Å². The molecule has 3 rings (SSSR count). The highest BCUT2D eigenvalue weighted by Gasteiger charge is 2.13. The van der Waals surface area contributed by atoms with E-state index in [1.54, 1.807) is 23.9 Å². The summed E-state index contributed by atoms with van der Waals surface area (Å²) in [4.78, 5) is 8.41. The average molecular weight is 305 g/mol. The van der Waals surface area contributed by atoms with Crippen LogP contribution in [-0.4, -0.2) is 14.5 Å². The van der Waals surface area contributed by atoms with Gasteiger partial charge in [-0.3, -0.25) is 0 Å². The first kappa shape index (κ1) is 13.1. The van der Waals surface area contributed by atoms with Gasteiger partial charge in [0, 0.05) is 17.8 Å². The quantitative estimate of drug-likeness (QED) is 0.787. The van der Waals surface area contributed by atoms with E-state index in [-0.39, 0.29) is 6.04 Å². The number of imidazole rings is 1. The van der Waals surface area contributed by atoms with E-state index in [0.29, 0.717) is 5.02 Å². The summed E-state index contributed by atoms with van der Waals surface area (Å²) in [6.07, 6.45) is 5.34. The molecule has 0 spiro atoms. The summed E-state index contributed by atoms with van der Waals surface area (Å²) >= 11 is 7.92. The van der Waals surface area contributed by atoms with Crippen LogP contribution in [0.1, 0.15) is 18.7 Å². The van der Waals surface area contributed by atoms with Crippen molar-refractivity contribution in [2.24, 2.45) is 0 Å². The molecule has 0 aliphatic carbocycles. The summed E-state index contributed by atoms with van der Waals surface area (Å²) < 4.78 is 1.90. The third-order valence-corrected chi connectivity index (χ3v) is 3.93. The minimum atomic E-state index is 0.113. The molecule has 0 saturated carbocycles. The molecule has 1 aromatic carbocycles. The number of rotatable bonds is 4. The molecule has 2 aromatic heterocycles. The van der Waals surface area contributed by atoms with Gasteiger partial charge in [0.05, 0.1) is 40.0 Å². The molecule has 0 aliphatic heterocycles. The molecule has 1 unspecified atom stereocenters. The van der Waals surface area contributed by atoms with Crippen molar-refractivity contribution < 1.29 is 0 Å². The van der Waals surface area contributed by atoms with Crippen molar-refractivity contribution in [2.75, 3.05) is 5.32 Å². The molecule has 2 heterocycles. The predicted molar refractivity (Wildman–Crippen MR) is 82.7 cm³/mol. The number of hydrogen-bond donors (Lipinski definition) is 1. The van der Waals surface area contributed by atoms with Gasteiger partial charge in [0.25, 0.3) is 0 Å². The first-order valence-electron chi connectivity index (χ1n) is 6.17. The molecule has 6 heteroatoms. The lowest BCUT2D eigenvalue weighted by Crippen LogP contribution is -2.09. The molecule has 0 aliphatic rings. The molecule has 0 saturated heterocycles. The zero-order chi connectivity index (χ0) is 13.9. The fourth-order valence-corrected chi connectivity index (χ4v) is 2.95. The zero-order valence-electron chi connectivity index (χ0n) is 10.8. The Kier molecular flexibility index (Phi) is 3.71. The number of anilines is 1. The molecule has 20 heavy (non-hydrogen) atoms. The summed E-state index contributed by atoms with van der Waals surface area (Å²) in [6.45, 7) is 2.08. The standard InChI is InChI=1S/C14H13ClN4S/c1-10(13-7-20-9-17-13)18-12-4-2-3-11(15)14(12)19-6-5-16-8-19/h2-10,18H,1H3. The summed E-state index contributed by atoms with van der Waals surface area (Å²) in [6, 6.07) is 5.92. The number of nitrogens with zero attached hydrogens (tertiary/aromatic N) is 3. The molecule has 0 fully saturated rings. The molecular formula is C14H13ClN4S. The highest BCUT2D eigenvalue weighted by atomic mass is 35.5. The number of hydrogen-bond acceptors (Lipinski definition) is 4. The van der Waals surface area contributed by atoms with Gasteiger partial charge in [-0.25, -0.2) is 9.97 Å². The lowest BCUT2D eigenvalue weighted by atomic mass is 10.2. The summed E-state index contributed by atoms with van der Waals surface area (Å²) in [7, 11) is 0. The molecule has 0 amide bonds. The van der Waals surface area contributed by atoms with Crippen molar-refractivity contribution in [3.05, 3.63) is 58.5 Å². The first-order chi connectivity index (χ1) is 9.75. The SMILES string of the molecule is CC(Nc1cccc(Cl)c1-n1ccnc1)c1cscn1. The molecule has 4 nitrogen and oxygen atoms in total. The Morgan fingerprint density at radius 1 is 1.40 bits per heavy atom. The molecule has 1 atom stereocenters. The van der Waals surface area contributed by atoms with Gasteiger partial charge < -0.3 is 9.88 Å². The van der Waals surface area contributed by atoms with E-state index in [1.165, 1.54) is 0 Å². The van der Waals surface area contributed by atoms with Crippen molar-refractivity contribution >= 4 is 28.6 Å². The Labute approximate surface area is 126 Å². The van der Waals surface area contributed by atoms with Crippen molar-refractivity contribution in [2.45, 2.75) is 13.0 Å². The van der Waals surface area contributed by atoms with Gasteiger partial charge in [0.1, 0.15) is 0 Å². The Morgan fingerprint density at radius 3 is 3.00 bits per heavy atom. The van der Waals surface area contributed by atoms with Crippen LogP contribution in [0.15, 0.2) is 47.8 Å². The van der Waals surface area contributed by atoms with E-state index in [1.807, 2.05) is 39.9 Å². The average Bonchev–Trinajstić information content (AvgIpc) is 3.12. The Bertz CT molecular complexity index is 679. The lowest BCUT2D eigenvalue weighted by Gasteiger charge is -2.18. The molecule has 3 aromatic rings. The van der Waals surface area contributed by atoms with Crippen molar-refractivity contribution in [3.63, 3.8) is 0 Å². The van der Waals surface area contributed by atoms with Gasteiger partial charge in [-0.2, -0.15) is 0 Å².